The molecule has 1 aromatic heterocycles. The van der Waals surface area contributed by atoms with Gasteiger partial charge in [0.15, 0.2) is 5.96 Å². The minimum absolute atomic E-state index is 0. The lowest BCUT2D eigenvalue weighted by Gasteiger charge is -2.21. The van der Waals surface area contributed by atoms with Gasteiger partial charge in [-0.15, -0.1) is 24.0 Å². The highest BCUT2D eigenvalue weighted by Crippen LogP contribution is 2.22. The summed E-state index contributed by atoms with van der Waals surface area (Å²) in [7, 11) is 3.70. The summed E-state index contributed by atoms with van der Waals surface area (Å²) < 4.78 is 0. The summed E-state index contributed by atoms with van der Waals surface area (Å²) in [5.41, 5.74) is 3.07. The number of benzene rings is 2. The number of amides is 2. The zero-order valence-electron chi connectivity index (χ0n) is 19.3. The molecule has 0 saturated carbocycles. The van der Waals surface area contributed by atoms with Crippen molar-refractivity contribution in [3.05, 3.63) is 77.7 Å². The number of H-pyrrole nitrogens is 1. The maximum absolute atomic E-state index is 12.4. The van der Waals surface area contributed by atoms with Crippen molar-refractivity contribution in [3.63, 3.8) is 0 Å². The molecule has 0 saturated heterocycles. The number of rotatable bonds is 8. The molecule has 3 aromatic rings. The van der Waals surface area contributed by atoms with Crippen molar-refractivity contribution in [3.8, 4) is 11.3 Å². The van der Waals surface area contributed by atoms with Crippen molar-refractivity contribution < 1.29 is 9.59 Å². The molecule has 8 nitrogen and oxygen atoms in total. The molecule has 4 rings (SSSR count). The van der Waals surface area contributed by atoms with E-state index in [-0.39, 0.29) is 35.8 Å². The van der Waals surface area contributed by atoms with Gasteiger partial charge in [0.05, 0.1) is 29.6 Å². The molecule has 0 unspecified atom stereocenters. The van der Waals surface area contributed by atoms with E-state index in [9.17, 15) is 9.59 Å². The van der Waals surface area contributed by atoms with Crippen molar-refractivity contribution in [2.75, 3.05) is 27.2 Å². The summed E-state index contributed by atoms with van der Waals surface area (Å²) in [5, 5.41) is 3.34. The van der Waals surface area contributed by atoms with E-state index in [1.54, 1.807) is 31.3 Å². The number of unbranched alkanes of at least 4 members (excludes halogenated alkanes) is 1. The highest BCUT2D eigenvalue weighted by Gasteiger charge is 2.34. The topological polar surface area (TPSA) is 93.7 Å². The number of carbonyl (C=O) groups excluding carboxylic acids is 2. The van der Waals surface area contributed by atoms with Gasteiger partial charge in [-0.25, -0.2) is 4.98 Å². The highest BCUT2D eigenvalue weighted by molar-refractivity contribution is 14.0. The number of carbonyl (C=O) groups is 2. The van der Waals surface area contributed by atoms with Crippen molar-refractivity contribution in [2.45, 2.75) is 19.4 Å². The summed E-state index contributed by atoms with van der Waals surface area (Å²) in [5.74, 6) is 1.21. The molecule has 1 aliphatic rings. The third-order valence-corrected chi connectivity index (χ3v) is 5.64. The van der Waals surface area contributed by atoms with Gasteiger partial charge in [0.25, 0.3) is 11.8 Å². The van der Waals surface area contributed by atoms with Gasteiger partial charge in [0.2, 0.25) is 0 Å². The predicted molar refractivity (Wildman–Crippen MR) is 143 cm³/mol. The van der Waals surface area contributed by atoms with E-state index in [1.165, 1.54) is 4.90 Å². The fraction of sp³-hybridized carbons (Fsp3) is 0.280. The number of aliphatic imine (C=N–C) groups is 1. The van der Waals surface area contributed by atoms with Crippen LogP contribution in [0.15, 0.2) is 65.8 Å². The maximum Gasteiger partial charge on any atom is 0.261 e. The summed E-state index contributed by atoms with van der Waals surface area (Å²) in [4.78, 5) is 40.4. The lowest BCUT2D eigenvalue weighted by molar-refractivity contribution is 0.0652. The fourth-order valence-electron chi connectivity index (χ4n) is 3.93. The van der Waals surface area contributed by atoms with E-state index in [1.807, 2.05) is 48.5 Å². The summed E-state index contributed by atoms with van der Waals surface area (Å²) >= 11 is 0. The van der Waals surface area contributed by atoms with Crippen LogP contribution in [0.1, 0.15) is 39.4 Å². The number of aromatic amines is 1. The van der Waals surface area contributed by atoms with E-state index in [0.717, 1.165) is 35.9 Å². The van der Waals surface area contributed by atoms with Crippen LogP contribution in [0.25, 0.3) is 11.3 Å². The average molecular weight is 572 g/mol. The highest BCUT2D eigenvalue weighted by atomic mass is 127. The minimum Gasteiger partial charge on any atom is -0.356 e. The van der Waals surface area contributed by atoms with Gasteiger partial charge >= 0.3 is 0 Å². The fourth-order valence-corrected chi connectivity index (χ4v) is 3.93. The predicted octanol–water partition coefficient (Wildman–Crippen LogP) is 3.78. The Morgan fingerprint density at radius 2 is 1.68 bits per heavy atom. The van der Waals surface area contributed by atoms with Crippen LogP contribution < -0.4 is 5.32 Å². The first kappa shape index (κ1) is 25.4. The molecule has 1 aliphatic heterocycles. The lowest BCUT2D eigenvalue weighted by Crippen LogP contribution is -2.39. The molecule has 178 valence electrons. The maximum atomic E-state index is 12.4. The zero-order chi connectivity index (χ0) is 23.2. The van der Waals surface area contributed by atoms with Crippen LogP contribution in [0.3, 0.4) is 0 Å². The second-order valence-corrected chi connectivity index (χ2v) is 7.95. The molecule has 0 fully saturated rings. The molecule has 2 amide bonds. The summed E-state index contributed by atoms with van der Waals surface area (Å²) in [6.45, 7) is 1.69. The molecular formula is C25H29IN6O2. The number of hydrogen-bond donors (Lipinski definition) is 2. The van der Waals surface area contributed by atoms with Gasteiger partial charge in [-0.05, 0) is 30.5 Å². The Balaban J connectivity index is 0.00000324. The first-order valence-electron chi connectivity index (χ1n) is 11.0. The molecule has 2 aromatic carbocycles. The third kappa shape index (κ3) is 5.64. The van der Waals surface area contributed by atoms with Gasteiger partial charge in [0, 0.05) is 27.2 Å². The van der Waals surface area contributed by atoms with E-state index in [0.29, 0.717) is 30.8 Å². The Morgan fingerprint density at radius 3 is 2.32 bits per heavy atom. The number of nitrogens with one attached hydrogen (secondary N) is 2. The normalized spacial score (nSPS) is 13.0. The van der Waals surface area contributed by atoms with E-state index < -0.39 is 0 Å². The van der Waals surface area contributed by atoms with E-state index in [4.69, 9.17) is 0 Å². The SMILES string of the molecule is CN=C(NCCCCN1C(=O)c2ccccc2C1=O)N(C)Cc1ncc(-c2ccccc2)[nH]1.I. The van der Waals surface area contributed by atoms with Crippen molar-refractivity contribution in [1.82, 2.24) is 25.1 Å². The van der Waals surface area contributed by atoms with Crippen molar-refractivity contribution in [2.24, 2.45) is 4.99 Å². The number of imidazole rings is 1. The Labute approximate surface area is 216 Å². The second kappa shape index (κ2) is 11.8. The molecule has 0 radical (unpaired) electrons. The van der Waals surface area contributed by atoms with Crippen molar-refractivity contribution in [1.29, 1.82) is 0 Å². The van der Waals surface area contributed by atoms with E-state index >= 15 is 0 Å². The molecule has 34 heavy (non-hydrogen) atoms. The number of fused-ring (bicyclic) bond motifs is 1. The quantitative estimate of drug-likeness (QED) is 0.141. The third-order valence-electron chi connectivity index (χ3n) is 5.64. The van der Waals surface area contributed by atoms with Crippen LogP contribution in [-0.4, -0.2) is 64.7 Å². The number of guanidine groups is 1. The van der Waals surface area contributed by atoms with Gasteiger partial charge < -0.3 is 15.2 Å². The molecule has 0 aliphatic carbocycles. The Hall–Kier alpha value is -3.21. The molecule has 9 heteroatoms. The van der Waals surface area contributed by atoms with Crippen LogP contribution in [0, 0.1) is 0 Å². The number of hydrogen-bond acceptors (Lipinski definition) is 4. The standard InChI is InChI=1S/C25H28N6O2.HI/c1-26-25(30(2)17-22-28-16-21(29-22)18-10-4-3-5-11-18)27-14-8-9-15-31-23(32)19-12-6-7-13-20(19)24(31)33;/h3-7,10-13,16H,8-9,14-15,17H2,1-2H3,(H,26,27)(H,28,29);1H. The molecule has 0 bridgehead atoms. The van der Waals surface area contributed by atoms with Crippen LogP contribution in [0.4, 0.5) is 0 Å². The average Bonchev–Trinajstić information content (AvgIpc) is 3.40. The number of nitrogens with zero attached hydrogens (tertiary/aromatic N) is 4. The first-order chi connectivity index (χ1) is 16.1. The van der Waals surface area contributed by atoms with Crippen LogP contribution >= 0.6 is 24.0 Å². The minimum atomic E-state index is -0.201. The Morgan fingerprint density at radius 1 is 1.03 bits per heavy atom. The molecular weight excluding hydrogens is 543 g/mol. The summed E-state index contributed by atoms with van der Waals surface area (Å²) in [6.07, 6.45) is 3.37. The molecule has 2 N–H and O–H groups in total. The Bertz CT molecular complexity index is 1130. The van der Waals surface area contributed by atoms with Crippen LogP contribution in [0.5, 0.6) is 0 Å². The van der Waals surface area contributed by atoms with E-state index in [2.05, 4.69) is 20.3 Å². The number of aromatic nitrogens is 2. The van der Waals surface area contributed by atoms with Crippen LogP contribution in [-0.2, 0) is 6.54 Å². The van der Waals surface area contributed by atoms with Gasteiger partial charge in [-0.2, -0.15) is 0 Å². The number of halogens is 1. The second-order valence-electron chi connectivity index (χ2n) is 7.95. The summed E-state index contributed by atoms with van der Waals surface area (Å²) in [6, 6.07) is 17.1. The van der Waals surface area contributed by atoms with Crippen LogP contribution in [0.2, 0.25) is 0 Å². The molecule has 0 atom stereocenters. The largest absolute Gasteiger partial charge is 0.356 e. The monoisotopic (exact) mass is 572 g/mol. The molecule has 2 heterocycles. The Kier molecular flexibility index (Phi) is 8.80. The molecule has 0 spiro atoms. The van der Waals surface area contributed by atoms with Gasteiger partial charge in [0.1, 0.15) is 5.82 Å². The number of imide groups is 1. The van der Waals surface area contributed by atoms with Gasteiger partial charge in [-0.3, -0.25) is 19.5 Å². The zero-order valence-corrected chi connectivity index (χ0v) is 21.7. The first-order valence-corrected chi connectivity index (χ1v) is 11.0. The van der Waals surface area contributed by atoms with Gasteiger partial charge in [-0.1, -0.05) is 42.5 Å². The smallest absolute Gasteiger partial charge is 0.261 e. The van der Waals surface area contributed by atoms with Crippen molar-refractivity contribution >= 4 is 41.8 Å². The lowest BCUT2D eigenvalue weighted by atomic mass is 10.1.